The van der Waals surface area contributed by atoms with Gasteiger partial charge in [0.05, 0.1) is 6.61 Å². The van der Waals surface area contributed by atoms with Crippen LogP contribution in [-0.4, -0.2) is 24.8 Å². The van der Waals surface area contributed by atoms with E-state index in [0.717, 1.165) is 25.0 Å². The highest BCUT2D eigenvalue weighted by atomic mass is 79.9. The smallest absolute Gasteiger partial charge is 0.154 e. The molecule has 0 saturated carbocycles. The van der Waals surface area contributed by atoms with Gasteiger partial charge in [-0.15, -0.1) is 0 Å². The van der Waals surface area contributed by atoms with E-state index >= 15 is 0 Å². The zero-order chi connectivity index (χ0) is 7.82. The minimum absolute atomic E-state index is 0.0518. The molecule has 0 aromatic carbocycles. The topological polar surface area (TPSA) is 18.5 Å². The lowest BCUT2D eigenvalue weighted by molar-refractivity contribution is -0.126. The van der Waals surface area contributed by atoms with Crippen molar-refractivity contribution in [2.75, 3.05) is 18.5 Å². The Bertz CT molecular complexity index is 68.6. The second kappa shape index (κ2) is 7.51. The van der Waals surface area contributed by atoms with Gasteiger partial charge >= 0.3 is 0 Å². The van der Waals surface area contributed by atoms with Gasteiger partial charge < -0.3 is 9.47 Å². The number of hydrogen-bond acceptors (Lipinski definition) is 2. The first-order valence-corrected chi connectivity index (χ1v) is 4.72. The normalized spacial score (nSPS) is 13.5. The fraction of sp³-hybridized carbons (Fsp3) is 1.00. The van der Waals surface area contributed by atoms with Crippen LogP contribution in [-0.2, 0) is 9.47 Å². The predicted octanol–water partition coefficient (Wildman–Crippen LogP) is 2.17. The maximum absolute atomic E-state index is 5.27. The molecule has 0 rings (SSSR count). The number of ether oxygens (including phenoxy) is 2. The van der Waals surface area contributed by atoms with Crippen molar-refractivity contribution < 1.29 is 9.47 Å². The van der Waals surface area contributed by atoms with E-state index in [0.29, 0.717) is 0 Å². The molecule has 62 valence electrons. The van der Waals surface area contributed by atoms with E-state index in [-0.39, 0.29) is 6.29 Å². The van der Waals surface area contributed by atoms with Crippen molar-refractivity contribution in [3.63, 3.8) is 0 Å². The van der Waals surface area contributed by atoms with E-state index in [4.69, 9.17) is 9.47 Å². The summed E-state index contributed by atoms with van der Waals surface area (Å²) in [6.07, 6.45) is 0.987. The van der Waals surface area contributed by atoms with Crippen molar-refractivity contribution in [1.29, 1.82) is 0 Å². The lowest BCUT2D eigenvalue weighted by Crippen LogP contribution is -2.13. The number of hydrogen-bond donors (Lipinski definition) is 0. The Morgan fingerprint density at radius 3 is 2.60 bits per heavy atom. The molecule has 0 aliphatic carbocycles. The van der Waals surface area contributed by atoms with Gasteiger partial charge in [0, 0.05) is 11.9 Å². The molecular formula is C7H15BrO2. The first-order chi connectivity index (χ1) is 4.81. The summed E-state index contributed by atoms with van der Waals surface area (Å²) in [6, 6.07) is 0. The van der Waals surface area contributed by atoms with Gasteiger partial charge in [-0.25, -0.2) is 0 Å². The van der Waals surface area contributed by atoms with Gasteiger partial charge in [0.2, 0.25) is 0 Å². The molecule has 2 nitrogen and oxygen atoms in total. The molecule has 0 spiro atoms. The second-order valence-corrected chi connectivity index (χ2v) is 2.73. The number of halogens is 1. The first-order valence-electron chi connectivity index (χ1n) is 3.60. The van der Waals surface area contributed by atoms with Gasteiger partial charge in [-0.05, 0) is 20.3 Å². The Kier molecular flexibility index (Phi) is 7.81. The zero-order valence-corrected chi connectivity index (χ0v) is 8.19. The van der Waals surface area contributed by atoms with E-state index in [1.54, 1.807) is 0 Å². The number of alkyl halides is 1. The van der Waals surface area contributed by atoms with E-state index in [1.165, 1.54) is 0 Å². The maximum Gasteiger partial charge on any atom is 0.154 e. The Morgan fingerprint density at radius 1 is 1.40 bits per heavy atom. The third-order valence-electron chi connectivity index (χ3n) is 1.03. The molecule has 0 N–H and O–H groups in total. The monoisotopic (exact) mass is 210 g/mol. The van der Waals surface area contributed by atoms with Gasteiger partial charge in [-0.3, -0.25) is 0 Å². The van der Waals surface area contributed by atoms with E-state index in [1.807, 2.05) is 13.8 Å². The van der Waals surface area contributed by atoms with Crippen LogP contribution in [0.25, 0.3) is 0 Å². The maximum atomic E-state index is 5.27. The fourth-order valence-corrected chi connectivity index (χ4v) is 0.816. The van der Waals surface area contributed by atoms with Crippen LogP contribution in [0.1, 0.15) is 20.3 Å². The molecule has 10 heavy (non-hydrogen) atoms. The molecule has 0 radical (unpaired) electrons. The van der Waals surface area contributed by atoms with Crippen molar-refractivity contribution >= 4 is 15.9 Å². The predicted molar refractivity (Wildman–Crippen MR) is 45.5 cm³/mol. The van der Waals surface area contributed by atoms with E-state index in [2.05, 4.69) is 15.9 Å². The summed E-state index contributed by atoms with van der Waals surface area (Å²) >= 11 is 3.32. The Labute approximate surface area is 71.0 Å². The zero-order valence-electron chi connectivity index (χ0n) is 6.60. The summed E-state index contributed by atoms with van der Waals surface area (Å²) in [4.78, 5) is 0. The van der Waals surface area contributed by atoms with Gasteiger partial charge in [0.15, 0.2) is 6.29 Å². The highest BCUT2D eigenvalue weighted by Gasteiger charge is 1.97. The van der Waals surface area contributed by atoms with Crippen molar-refractivity contribution in [3.05, 3.63) is 0 Å². The molecule has 0 saturated heterocycles. The Balaban J connectivity index is 2.97. The Morgan fingerprint density at radius 2 is 2.10 bits per heavy atom. The van der Waals surface area contributed by atoms with Crippen LogP contribution in [0.5, 0.6) is 0 Å². The summed E-state index contributed by atoms with van der Waals surface area (Å²) in [5.41, 5.74) is 0. The van der Waals surface area contributed by atoms with Gasteiger partial charge in [0.1, 0.15) is 0 Å². The fourth-order valence-electron chi connectivity index (χ4n) is 0.587. The van der Waals surface area contributed by atoms with Crippen molar-refractivity contribution in [2.45, 2.75) is 26.6 Å². The second-order valence-electron chi connectivity index (χ2n) is 1.94. The summed E-state index contributed by atoms with van der Waals surface area (Å²) in [5.74, 6) is 0. The molecule has 0 fully saturated rings. The molecule has 0 aliphatic rings. The molecule has 0 aromatic heterocycles. The largest absolute Gasteiger partial charge is 0.353 e. The van der Waals surface area contributed by atoms with Crippen molar-refractivity contribution in [2.24, 2.45) is 0 Å². The minimum atomic E-state index is -0.0518. The van der Waals surface area contributed by atoms with Crippen LogP contribution < -0.4 is 0 Å². The van der Waals surface area contributed by atoms with Crippen molar-refractivity contribution in [3.8, 4) is 0 Å². The Hall–Kier alpha value is 0.400. The van der Waals surface area contributed by atoms with E-state index in [9.17, 15) is 0 Å². The van der Waals surface area contributed by atoms with Crippen LogP contribution in [0.2, 0.25) is 0 Å². The lowest BCUT2D eigenvalue weighted by atomic mass is 10.5. The van der Waals surface area contributed by atoms with Crippen LogP contribution in [0.4, 0.5) is 0 Å². The lowest BCUT2D eigenvalue weighted by Gasteiger charge is -2.11. The van der Waals surface area contributed by atoms with E-state index < -0.39 is 0 Å². The van der Waals surface area contributed by atoms with Gasteiger partial charge in [0.25, 0.3) is 0 Å². The molecule has 3 heteroatoms. The van der Waals surface area contributed by atoms with Crippen molar-refractivity contribution in [1.82, 2.24) is 0 Å². The molecule has 1 unspecified atom stereocenters. The minimum Gasteiger partial charge on any atom is -0.353 e. The SMILES string of the molecule is CCOC(C)OCCCBr. The van der Waals surface area contributed by atoms with Gasteiger partial charge in [-0.2, -0.15) is 0 Å². The van der Waals surface area contributed by atoms with Crippen LogP contribution >= 0.6 is 15.9 Å². The van der Waals surface area contributed by atoms with Gasteiger partial charge in [-0.1, -0.05) is 15.9 Å². The molecule has 0 aromatic rings. The third-order valence-corrected chi connectivity index (χ3v) is 1.59. The average molecular weight is 211 g/mol. The number of rotatable bonds is 6. The molecule has 0 bridgehead atoms. The summed E-state index contributed by atoms with van der Waals surface area (Å²) in [7, 11) is 0. The van der Waals surface area contributed by atoms with Crippen LogP contribution in [0.15, 0.2) is 0 Å². The van der Waals surface area contributed by atoms with Crippen LogP contribution in [0, 0.1) is 0 Å². The molecule has 0 amide bonds. The average Bonchev–Trinajstić information content (AvgIpc) is 1.89. The summed E-state index contributed by atoms with van der Waals surface area (Å²) in [6.45, 7) is 5.37. The molecule has 0 heterocycles. The summed E-state index contributed by atoms with van der Waals surface area (Å²) < 4.78 is 10.4. The molecule has 0 aliphatic heterocycles. The molecule has 1 atom stereocenters. The quantitative estimate of drug-likeness (QED) is 0.381. The molecular weight excluding hydrogens is 196 g/mol. The third kappa shape index (κ3) is 6.52. The standard InChI is InChI=1S/C7H15BrO2/c1-3-9-7(2)10-6-4-5-8/h7H,3-6H2,1-2H3. The first kappa shape index (κ1) is 10.4. The highest BCUT2D eigenvalue weighted by molar-refractivity contribution is 9.09. The summed E-state index contributed by atoms with van der Waals surface area (Å²) in [5, 5.41) is 0.992. The van der Waals surface area contributed by atoms with Crippen LogP contribution in [0.3, 0.4) is 0 Å². The highest BCUT2D eigenvalue weighted by Crippen LogP contribution is 1.95.